The molecule has 106 valence electrons. The van der Waals surface area contributed by atoms with E-state index in [1.54, 1.807) is 0 Å². The van der Waals surface area contributed by atoms with Gasteiger partial charge in [-0.1, -0.05) is 18.2 Å². The summed E-state index contributed by atoms with van der Waals surface area (Å²) in [5.74, 6) is -0.267. The number of likely N-dealkylation sites (tertiary alicyclic amines) is 1. The zero-order valence-electron chi connectivity index (χ0n) is 11.9. The topological polar surface area (TPSA) is 51.3 Å². The maximum absolute atomic E-state index is 11.2. The summed E-state index contributed by atoms with van der Waals surface area (Å²) in [6, 6.07) is 8.82. The lowest BCUT2D eigenvalue weighted by Gasteiger charge is -2.30. The van der Waals surface area contributed by atoms with Crippen molar-refractivity contribution in [2.45, 2.75) is 25.3 Å². The molecule has 0 radical (unpaired) electrons. The normalized spacial score (nSPS) is 17.6. The van der Waals surface area contributed by atoms with E-state index < -0.39 is 0 Å². The number of primary amides is 1. The molecule has 2 N–H and O–H groups in total. The van der Waals surface area contributed by atoms with E-state index in [1.165, 1.54) is 5.52 Å². The van der Waals surface area contributed by atoms with E-state index in [4.69, 9.17) is 5.73 Å². The lowest BCUT2D eigenvalue weighted by molar-refractivity contribution is -0.117. The monoisotopic (exact) mass is 271 g/mol. The van der Waals surface area contributed by atoms with E-state index in [2.05, 4.69) is 40.9 Å². The second kappa shape index (κ2) is 5.29. The van der Waals surface area contributed by atoms with Crippen LogP contribution in [0.2, 0.25) is 0 Å². The molecule has 1 aliphatic heterocycles. The van der Waals surface area contributed by atoms with Crippen LogP contribution in [-0.4, -0.2) is 35.5 Å². The van der Waals surface area contributed by atoms with Crippen LogP contribution in [0.3, 0.4) is 0 Å². The van der Waals surface area contributed by atoms with Gasteiger partial charge in [0, 0.05) is 23.1 Å². The third kappa shape index (κ3) is 2.43. The Morgan fingerprint density at radius 1 is 1.30 bits per heavy atom. The number of hydrogen-bond donors (Lipinski definition) is 1. The van der Waals surface area contributed by atoms with Gasteiger partial charge in [0.15, 0.2) is 0 Å². The predicted octanol–water partition coefficient (Wildman–Crippen LogP) is 1.94. The van der Waals surface area contributed by atoms with Crippen molar-refractivity contribution in [3.63, 3.8) is 0 Å². The van der Waals surface area contributed by atoms with Crippen molar-refractivity contribution in [1.82, 2.24) is 9.47 Å². The molecule has 0 spiro atoms. The zero-order valence-corrected chi connectivity index (χ0v) is 11.9. The summed E-state index contributed by atoms with van der Waals surface area (Å²) in [4.78, 5) is 13.6. The highest BCUT2D eigenvalue weighted by Crippen LogP contribution is 2.30. The summed E-state index contributed by atoms with van der Waals surface area (Å²) in [7, 11) is 2.17. The number of aromatic nitrogens is 1. The molecule has 0 bridgehead atoms. The maximum Gasteiger partial charge on any atom is 0.221 e. The minimum Gasteiger partial charge on any atom is -0.369 e. The SMILES string of the molecule is CN1CCC(n2cc(CC(N)=O)c3ccccc32)CC1. The number of para-hydroxylation sites is 1. The molecular weight excluding hydrogens is 250 g/mol. The van der Waals surface area contributed by atoms with Gasteiger partial charge >= 0.3 is 0 Å². The van der Waals surface area contributed by atoms with E-state index in [0.717, 1.165) is 36.9 Å². The molecule has 0 atom stereocenters. The van der Waals surface area contributed by atoms with Gasteiger partial charge in [-0.3, -0.25) is 4.79 Å². The van der Waals surface area contributed by atoms with Gasteiger partial charge in [0.05, 0.1) is 6.42 Å². The quantitative estimate of drug-likeness (QED) is 0.927. The molecule has 4 heteroatoms. The van der Waals surface area contributed by atoms with Crippen molar-refractivity contribution in [2.24, 2.45) is 5.73 Å². The fourth-order valence-corrected chi connectivity index (χ4v) is 3.18. The van der Waals surface area contributed by atoms with Gasteiger partial charge in [-0.15, -0.1) is 0 Å². The van der Waals surface area contributed by atoms with E-state index >= 15 is 0 Å². The molecule has 20 heavy (non-hydrogen) atoms. The molecule has 0 saturated carbocycles. The van der Waals surface area contributed by atoms with E-state index in [-0.39, 0.29) is 5.91 Å². The Morgan fingerprint density at radius 3 is 2.70 bits per heavy atom. The van der Waals surface area contributed by atoms with Gasteiger partial charge < -0.3 is 15.2 Å². The van der Waals surface area contributed by atoms with Crippen LogP contribution < -0.4 is 5.73 Å². The first kappa shape index (κ1) is 13.2. The molecule has 0 aliphatic carbocycles. The third-order valence-corrected chi connectivity index (χ3v) is 4.27. The first-order valence-electron chi connectivity index (χ1n) is 7.20. The molecule has 4 nitrogen and oxygen atoms in total. The number of amides is 1. The number of benzene rings is 1. The lowest BCUT2D eigenvalue weighted by atomic mass is 10.1. The Morgan fingerprint density at radius 2 is 2.00 bits per heavy atom. The number of carbonyl (C=O) groups is 1. The van der Waals surface area contributed by atoms with Crippen LogP contribution in [-0.2, 0) is 11.2 Å². The fourth-order valence-electron chi connectivity index (χ4n) is 3.18. The van der Waals surface area contributed by atoms with Crippen LogP contribution in [0.1, 0.15) is 24.4 Å². The van der Waals surface area contributed by atoms with E-state index in [9.17, 15) is 4.79 Å². The van der Waals surface area contributed by atoms with Gasteiger partial charge in [0.25, 0.3) is 0 Å². The standard InChI is InChI=1S/C16H21N3O/c1-18-8-6-13(7-9-18)19-11-12(10-16(17)20)14-4-2-3-5-15(14)19/h2-5,11,13H,6-10H2,1H3,(H2,17,20). The van der Waals surface area contributed by atoms with Crippen LogP contribution in [0, 0.1) is 0 Å². The highest BCUT2D eigenvalue weighted by atomic mass is 16.1. The number of nitrogens with two attached hydrogens (primary N) is 1. The molecule has 2 heterocycles. The van der Waals surface area contributed by atoms with Crippen LogP contribution in [0.4, 0.5) is 0 Å². The van der Waals surface area contributed by atoms with Crippen molar-refractivity contribution >= 4 is 16.8 Å². The average molecular weight is 271 g/mol. The Balaban J connectivity index is 2.00. The molecule has 2 aromatic rings. The molecular formula is C16H21N3O. The molecule has 1 aliphatic rings. The lowest BCUT2D eigenvalue weighted by Crippen LogP contribution is -2.31. The second-order valence-electron chi connectivity index (χ2n) is 5.76. The van der Waals surface area contributed by atoms with Crippen molar-refractivity contribution < 1.29 is 4.79 Å². The highest BCUT2D eigenvalue weighted by Gasteiger charge is 2.21. The number of piperidine rings is 1. The van der Waals surface area contributed by atoms with Crippen molar-refractivity contribution in [3.8, 4) is 0 Å². The number of carbonyl (C=O) groups excluding carboxylic acids is 1. The number of fused-ring (bicyclic) bond motifs is 1. The van der Waals surface area contributed by atoms with E-state index in [0.29, 0.717) is 12.5 Å². The summed E-state index contributed by atoms with van der Waals surface area (Å²) in [6.07, 6.45) is 4.77. The summed E-state index contributed by atoms with van der Waals surface area (Å²) in [5, 5.41) is 1.16. The van der Waals surface area contributed by atoms with Gasteiger partial charge in [0.1, 0.15) is 0 Å². The molecule has 1 aromatic heterocycles. The number of nitrogens with zero attached hydrogens (tertiary/aromatic N) is 2. The van der Waals surface area contributed by atoms with Gasteiger partial charge in [-0.25, -0.2) is 0 Å². The van der Waals surface area contributed by atoms with Crippen LogP contribution in [0.15, 0.2) is 30.5 Å². The Kier molecular flexibility index (Phi) is 3.49. The summed E-state index contributed by atoms with van der Waals surface area (Å²) in [5.41, 5.74) is 7.64. The molecule has 1 fully saturated rings. The molecule has 1 saturated heterocycles. The van der Waals surface area contributed by atoms with Crippen LogP contribution >= 0.6 is 0 Å². The maximum atomic E-state index is 11.2. The van der Waals surface area contributed by atoms with Gasteiger partial charge in [-0.2, -0.15) is 0 Å². The third-order valence-electron chi connectivity index (χ3n) is 4.27. The summed E-state index contributed by atoms with van der Waals surface area (Å²) >= 11 is 0. The molecule has 3 rings (SSSR count). The molecule has 1 amide bonds. The summed E-state index contributed by atoms with van der Waals surface area (Å²) < 4.78 is 2.35. The van der Waals surface area contributed by atoms with Crippen molar-refractivity contribution in [2.75, 3.05) is 20.1 Å². The van der Waals surface area contributed by atoms with Crippen LogP contribution in [0.5, 0.6) is 0 Å². The Labute approximate surface area is 119 Å². The smallest absolute Gasteiger partial charge is 0.221 e. The first-order chi connectivity index (χ1) is 9.65. The number of hydrogen-bond acceptors (Lipinski definition) is 2. The summed E-state index contributed by atoms with van der Waals surface area (Å²) in [6.45, 7) is 2.25. The fraction of sp³-hybridized carbons (Fsp3) is 0.438. The Bertz CT molecular complexity index is 624. The van der Waals surface area contributed by atoms with E-state index in [1.807, 2.05) is 6.07 Å². The van der Waals surface area contributed by atoms with Gasteiger partial charge in [0.2, 0.25) is 5.91 Å². The first-order valence-corrected chi connectivity index (χ1v) is 7.20. The minimum absolute atomic E-state index is 0.267. The second-order valence-corrected chi connectivity index (χ2v) is 5.76. The van der Waals surface area contributed by atoms with Crippen LogP contribution in [0.25, 0.3) is 10.9 Å². The minimum atomic E-state index is -0.267. The van der Waals surface area contributed by atoms with Gasteiger partial charge in [-0.05, 0) is 44.6 Å². The predicted molar refractivity (Wildman–Crippen MR) is 80.6 cm³/mol. The van der Waals surface area contributed by atoms with Crippen molar-refractivity contribution in [1.29, 1.82) is 0 Å². The largest absolute Gasteiger partial charge is 0.369 e. The highest BCUT2D eigenvalue weighted by molar-refractivity contribution is 5.89. The Hall–Kier alpha value is -1.81. The zero-order chi connectivity index (χ0) is 14.1. The molecule has 0 unspecified atom stereocenters. The molecule has 1 aromatic carbocycles. The van der Waals surface area contributed by atoms with Crippen molar-refractivity contribution in [3.05, 3.63) is 36.0 Å². The average Bonchev–Trinajstić information content (AvgIpc) is 2.78. The number of rotatable bonds is 3.